The van der Waals surface area contributed by atoms with Crippen molar-refractivity contribution in [3.05, 3.63) is 0 Å². The number of rotatable bonds is 6. The monoisotopic (exact) mass is 271 g/mol. The molecule has 0 aromatic rings. The lowest BCUT2D eigenvalue weighted by atomic mass is 9.77. The van der Waals surface area contributed by atoms with Gasteiger partial charge in [0.15, 0.2) is 0 Å². The summed E-state index contributed by atoms with van der Waals surface area (Å²) in [4.78, 5) is 0. The smallest absolute Gasteiger partial charge is 0.0729 e. The zero-order valence-electron chi connectivity index (χ0n) is 12.5. The van der Waals surface area contributed by atoms with Crippen LogP contribution in [0.1, 0.15) is 39.0 Å². The van der Waals surface area contributed by atoms with Gasteiger partial charge in [-0.3, -0.25) is 0 Å². The fraction of sp³-hybridized carbons (Fsp3) is 1.00. The third-order valence-electron chi connectivity index (χ3n) is 4.65. The molecule has 112 valence electrons. The van der Waals surface area contributed by atoms with Crippen LogP contribution in [0.25, 0.3) is 0 Å². The molecule has 0 aromatic heterocycles. The predicted molar refractivity (Wildman–Crippen MR) is 75.4 cm³/mol. The molecule has 2 atom stereocenters. The van der Waals surface area contributed by atoms with E-state index in [9.17, 15) is 0 Å². The summed E-state index contributed by atoms with van der Waals surface area (Å²) in [6.07, 6.45) is 5.56. The molecule has 2 rings (SSSR count). The zero-order valence-corrected chi connectivity index (χ0v) is 12.5. The van der Waals surface area contributed by atoms with E-state index in [1.807, 2.05) is 0 Å². The van der Waals surface area contributed by atoms with Crippen LogP contribution in [0, 0.1) is 5.92 Å². The lowest BCUT2D eigenvalue weighted by Gasteiger charge is -2.45. The molecule has 2 aliphatic heterocycles. The van der Waals surface area contributed by atoms with Gasteiger partial charge in [0.2, 0.25) is 0 Å². The van der Waals surface area contributed by atoms with Gasteiger partial charge < -0.3 is 19.5 Å². The molecule has 0 radical (unpaired) electrons. The maximum atomic E-state index is 6.12. The summed E-state index contributed by atoms with van der Waals surface area (Å²) in [5, 5.41) is 3.49. The first-order chi connectivity index (χ1) is 9.29. The van der Waals surface area contributed by atoms with Crippen molar-refractivity contribution in [2.24, 2.45) is 5.92 Å². The highest BCUT2D eigenvalue weighted by atomic mass is 16.5. The fourth-order valence-electron chi connectivity index (χ4n) is 3.47. The summed E-state index contributed by atoms with van der Waals surface area (Å²) < 4.78 is 17.1. The largest absolute Gasteiger partial charge is 0.382 e. The molecule has 4 heteroatoms. The fourth-order valence-corrected chi connectivity index (χ4v) is 3.47. The second-order valence-corrected chi connectivity index (χ2v) is 5.78. The third-order valence-corrected chi connectivity index (χ3v) is 4.65. The Hall–Kier alpha value is -0.160. The number of ether oxygens (including phenoxy) is 3. The molecule has 0 amide bonds. The molecule has 2 aliphatic rings. The Kier molecular flexibility index (Phi) is 6.07. The van der Waals surface area contributed by atoms with Crippen LogP contribution in [-0.2, 0) is 14.2 Å². The van der Waals surface area contributed by atoms with Crippen LogP contribution in [0.2, 0.25) is 0 Å². The minimum Gasteiger partial charge on any atom is -0.382 e. The molecule has 2 unspecified atom stereocenters. The van der Waals surface area contributed by atoms with Crippen molar-refractivity contribution in [2.45, 2.75) is 50.7 Å². The third kappa shape index (κ3) is 4.15. The summed E-state index contributed by atoms with van der Waals surface area (Å²) in [6.45, 7) is 6.34. The van der Waals surface area contributed by atoms with Gasteiger partial charge >= 0.3 is 0 Å². The van der Waals surface area contributed by atoms with Crippen molar-refractivity contribution >= 4 is 0 Å². The van der Waals surface area contributed by atoms with E-state index < -0.39 is 0 Å². The minimum absolute atomic E-state index is 0.0991. The molecular formula is C15H29NO3. The second-order valence-electron chi connectivity index (χ2n) is 5.78. The van der Waals surface area contributed by atoms with Crippen molar-refractivity contribution in [3.8, 4) is 0 Å². The highest BCUT2D eigenvalue weighted by Gasteiger charge is 2.40. The van der Waals surface area contributed by atoms with E-state index in [-0.39, 0.29) is 5.60 Å². The van der Waals surface area contributed by atoms with Crippen molar-refractivity contribution in [1.82, 2.24) is 5.32 Å². The summed E-state index contributed by atoms with van der Waals surface area (Å²) in [5.41, 5.74) is 0.0991. The standard InChI is InChI=1S/C15H29NO3/c1-3-17-8-5-14(16-2)13-4-9-19-15(12-13)6-10-18-11-7-15/h13-14,16H,3-12H2,1-2H3. The van der Waals surface area contributed by atoms with E-state index in [0.717, 1.165) is 52.3 Å². The normalized spacial score (nSPS) is 28.4. The number of hydrogen-bond donors (Lipinski definition) is 1. The van der Waals surface area contributed by atoms with Crippen LogP contribution in [0.15, 0.2) is 0 Å². The van der Waals surface area contributed by atoms with Gasteiger partial charge in [-0.2, -0.15) is 0 Å². The first-order valence-corrected chi connectivity index (χ1v) is 7.76. The van der Waals surface area contributed by atoms with Crippen molar-refractivity contribution in [1.29, 1.82) is 0 Å². The molecular weight excluding hydrogens is 242 g/mol. The Bertz CT molecular complexity index is 248. The van der Waals surface area contributed by atoms with Crippen LogP contribution < -0.4 is 5.32 Å². The Morgan fingerprint density at radius 1 is 1.32 bits per heavy atom. The van der Waals surface area contributed by atoms with Crippen LogP contribution >= 0.6 is 0 Å². The molecule has 0 bridgehead atoms. The average molecular weight is 271 g/mol. The van der Waals surface area contributed by atoms with Crippen LogP contribution in [0.5, 0.6) is 0 Å². The highest BCUT2D eigenvalue weighted by molar-refractivity contribution is 4.92. The molecule has 19 heavy (non-hydrogen) atoms. The van der Waals surface area contributed by atoms with Gasteiger partial charge in [0.25, 0.3) is 0 Å². The molecule has 0 aromatic carbocycles. The van der Waals surface area contributed by atoms with Gasteiger partial charge in [-0.1, -0.05) is 0 Å². The minimum atomic E-state index is 0.0991. The van der Waals surface area contributed by atoms with E-state index in [1.54, 1.807) is 0 Å². The Morgan fingerprint density at radius 2 is 2.11 bits per heavy atom. The van der Waals surface area contributed by atoms with Gasteiger partial charge in [0, 0.05) is 39.1 Å². The van der Waals surface area contributed by atoms with Crippen LogP contribution in [0.3, 0.4) is 0 Å². The van der Waals surface area contributed by atoms with Gasteiger partial charge in [0.05, 0.1) is 5.60 Å². The van der Waals surface area contributed by atoms with Crippen molar-refractivity contribution < 1.29 is 14.2 Å². The van der Waals surface area contributed by atoms with Gasteiger partial charge in [-0.25, -0.2) is 0 Å². The van der Waals surface area contributed by atoms with Crippen molar-refractivity contribution in [3.63, 3.8) is 0 Å². The maximum absolute atomic E-state index is 6.12. The highest BCUT2D eigenvalue weighted by Crippen LogP contribution is 2.38. The van der Waals surface area contributed by atoms with Gasteiger partial charge in [0.1, 0.15) is 0 Å². The molecule has 2 saturated heterocycles. The van der Waals surface area contributed by atoms with Crippen molar-refractivity contribution in [2.75, 3.05) is 40.1 Å². The molecule has 2 heterocycles. The summed E-state index contributed by atoms with van der Waals surface area (Å²) >= 11 is 0. The molecule has 2 fully saturated rings. The lowest BCUT2D eigenvalue weighted by Crippen LogP contribution is -2.49. The Balaban J connectivity index is 1.87. The number of nitrogens with one attached hydrogen (secondary N) is 1. The van der Waals surface area contributed by atoms with E-state index in [0.29, 0.717) is 12.0 Å². The number of hydrogen-bond acceptors (Lipinski definition) is 4. The van der Waals surface area contributed by atoms with E-state index in [2.05, 4.69) is 19.3 Å². The van der Waals surface area contributed by atoms with E-state index in [4.69, 9.17) is 14.2 Å². The maximum Gasteiger partial charge on any atom is 0.0729 e. The van der Waals surface area contributed by atoms with E-state index in [1.165, 1.54) is 12.8 Å². The van der Waals surface area contributed by atoms with Gasteiger partial charge in [-0.05, 0) is 52.0 Å². The predicted octanol–water partition coefficient (Wildman–Crippen LogP) is 1.98. The van der Waals surface area contributed by atoms with Gasteiger partial charge in [-0.15, -0.1) is 0 Å². The summed E-state index contributed by atoms with van der Waals surface area (Å²) in [6, 6.07) is 0.551. The summed E-state index contributed by atoms with van der Waals surface area (Å²) in [7, 11) is 2.07. The molecule has 4 nitrogen and oxygen atoms in total. The second kappa shape index (κ2) is 7.58. The zero-order chi connectivity index (χ0) is 13.6. The summed E-state index contributed by atoms with van der Waals surface area (Å²) in [5.74, 6) is 0.706. The molecule has 0 aliphatic carbocycles. The van der Waals surface area contributed by atoms with E-state index >= 15 is 0 Å². The average Bonchev–Trinajstić information content (AvgIpc) is 2.44. The van der Waals surface area contributed by atoms with Crippen LogP contribution in [-0.4, -0.2) is 51.7 Å². The first kappa shape index (κ1) is 15.2. The SMILES string of the molecule is CCOCCC(NC)C1CCOC2(CCOCC2)C1. The first-order valence-electron chi connectivity index (χ1n) is 7.76. The molecule has 1 N–H and O–H groups in total. The quantitative estimate of drug-likeness (QED) is 0.750. The topological polar surface area (TPSA) is 39.7 Å². The molecule has 0 saturated carbocycles. The lowest BCUT2D eigenvalue weighted by molar-refractivity contribution is -0.150. The molecule has 1 spiro atoms. The van der Waals surface area contributed by atoms with Crippen LogP contribution in [0.4, 0.5) is 0 Å². The Morgan fingerprint density at radius 3 is 2.79 bits per heavy atom. The Labute approximate surface area is 117 Å².